The van der Waals surface area contributed by atoms with Crippen LogP contribution in [0, 0.1) is 13.8 Å². The number of likely N-dealkylation sites (tertiary alicyclic amines) is 1. The summed E-state index contributed by atoms with van der Waals surface area (Å²) in [6.45, 7) is 6.75. The minimum absolute atomic E-state index is 0.0288. The van der Waals surface area contributed by atoms with Crippen LogP contribution in [0.2, 0.25) is 0 Å². The Morgan fingerprint density at radius 3 is 3.00 bits per heavy atom. The number of carbonyl (C=O) groups excluding carboxylic acids is 1. The van der Waals surface area contributed by atoms with Crippen LogP contribution in [0.5, 0.6) is 0 Å². The molecule has 22 heavy (non-hydrogen) atoms. The molecule has 3 rings (SSSR count). The minimum Gasteiger partial charge on any atom is -0.361 e. The van der Waals surface area contributed by atoms with Crippen molar-refractivity contribution in [2.45, 2.75) is 52.5 Å². The topological polar surface area (TPSA) is 59.2 Å². The smallest absolute Gasteiger partial charge is 0.273 e. The van der Waals surface area contributed by atoms with Crippen molar-refractivity contribution >= 4 is 17.2 Å². The zero-order valence-electron chi connectivity index (χ0n) is 13.3. The van der Waals surface area contributed by atoms with Crippen molar-refractivity contribution in [1.82, 2.24) is 15.0 Å². The Bertz CT molecular complexity index is 657. The highest BCUT2D eigenvalue weighted by atomic mass is 32.1. The molecule has 1 aliphatic rings. The third-order valence-electron chi connectivity index (χ3n) is 4.17. The van der Waals surface area contributed by atoms with Gasteiger partial charge in [-0.15, -0.1) is 11.3 Å². The average molecular weight is 319 g/mol. The van der Waals surface area contributed by atoms with Crippen LogP contribution in [-0.2, 0) is 6.42 Å². The molecule has 0 radical (unpaired) electrons. The fourth-order valence-corrected chi connectivity index (χ4v) is 4.03. The van der Waals surface area contributed by atoms with E-state index < -0.39 is 0 Å². The molecular formula is C16H21N3O2S. The van der Waals surface area contributed by atoms with Crippen LogP contribution in [0.25, 0.3) is 0 Å². The first-order valence-electron chi connectivity index (χ1n) is 7.80. The number of aromatic nitrogens is 2. The number of hydrogen-bond acceptors (Lipinski definition) is 5. The SMILES string of the molecule is CCCc1nc(C(=O)N2CCC[C@H]2c2c(C)noc2C)cs1. The normalized spacial score (nSPS) is 18.1. The Kier molecular flexibility index (Phi) is 4.29. The number of thiazole rings is 1. The maximum absolute atomic E-state index is 12.8. The third-order valence-corrected chi connectivity index (χ3v) is 5.08. The molecule has 1 saturated heterocycles. The molecule has 0 N–H and O–H groups in total. The van der Waals surface area contributed by atoms with E-state index in [2.05, 4.69) is 17.1 Å². The number of nitrogens with zero attached hydrogens (tertiary/aromatic N) is 3. The highest BCUT2D eigenvalue weighted by Gasteiger charge is 2.35. The lowest BCUT2D eigenvalue weighted by molar-refractivity contribution is 0.0729. The average Bonchev–Trinajstić information content (AvgIpc) is 3.20. The first-order chi connectivity index (χ1) is 10.6. The number of aryl methyl sites for hydroxylation is 3. The highest BCUT2D eigenvalue weighted by Crippen LogP contribution is 2.36. The molecule has 0 unspecified atom stereocenters. The molecule has 2 aromatic heterocycles. The number of carbonyl (C=O) groups is 1. The van der Waals surface area contributed by atoms with E-state index in [9.17, 15) is 4.79 Å². The second-order valence-electron chi connectivity index (χ2n) is 5.77. The van der Waals surface area contributed by atoms with Gasteiger partial charge in [0.25, 0.3) is 5.91 Å². The lowest BCUT2D eigenvalue weighted by Gasteiger charge is -2.24. The Morgan fingerprint density at radius 1 is 1.50 bits per heavy atom. The second kappa shape index (κ2) is 6.20. The van der Waals surface area contributed by atoms with Gasteiger partial charge in [0.2, 0.25) is 0 Å². The van der Waals surface area contributed by atoms with Crippen molar-refractivity contribution < 1.29 is 9.32 Å². The predicted molar refractivity (Wildman–Crippen MR) is 85.1 cm³/mol. The van der Waals surface area contributed by atoms with Gasteiger partial charge in [-0.1, -0.05) is 12.1 Å². The fourth-order valence-electron chi connectivity index (χ4n) is 3.16. The van der Waals surface area contributed by atoms with Crippen molar-refractivity contribution in [2.24, 2.45) is 0 Å². The molecule has 0 aliphatic carbocycles. The second-order valence-corrected chi connectivity index (χ2v) is 6.71. The molecule has 118 valence electrons. The van der Waals surface area contributed by atoms with E-state index in [-0.39, 0.29) is 11.9 Å². The van der Waals surface area contributed by atoms with E-state index in [1.54, 1.807) is 11.3 Å². The van der Waals surface area contributed by atoms with E-state index in [0.717, 1.165) is 54.3 Å². The zero-order chi connectivity index (χ0) is 15.7. The monoisotopic (exact) mass is 319 g/mol. The summed E-state index contributed by atoms with van der Waals surface area (Å²) in [5.41, 5.74) is 2.52. The molecule has 1 atom stereocenters. The van der Waals surface area contributed by atoms with Crippen LogP contribution in [0.15, 0.2) is 9.90 Å². The molecule has 5 nitrogen and oxygen atoms in total. The summed E-state index contributed by atoms with van der Waals surface area (Å²) in [4.78, 5) is 19.2. The molecular weight excluding hydrogens is 298 g/mol. The summed E-state index contributed by atoms with van der Waals surface area (Å²) >= 11 is 1.58. The summed E-state index contributed by atoms with van der Waals surface area (Å²) in [7, 11) is 0. The molecule has 0 bridgehead atoms. The summed E-state index contributed by atoms with van der Waals surface area (Å²) in [5.74, 6) is 0.841. The van der Waals surface area contributed by atoms with Crippen LogP contribution in [0.4, 0.5) is 0 Å². The summed E-state index contributed by atoms with van der Waals surface area (Å²) < 4.78 is 5.28. The Morgan fingerprint density at radius 2 is 2.32 bits per heavy atom. The van der Waals surface area contributed by atoms with Gasteiger partial charge in [-0.3, -0.25) is 4.79 Å². The molecule has 0 aromatic carbocycles. The largest absolute Gasteiger partial charge is 0.361 e. The van der Waals surface area contributed by atoms with Crippen molar-refractivity contribution in [3.63, 3.8) is 0 Å². The maximum Gasteiger partial charge on any atom is 0.273 e. The van der Waals surface area contributed by atoms with Gasteiger partial charge in [-0.25, -0.2) is 4.98 Å². The first kappa shape index (κ1) is 15.2. The van der Waals surface area contributed by atoms with Gasteiger partial charge in [-0.05, 0) is 39.5 Å². The molecule has 1 aliphatic heterocycles. The molecule has 0 spiro atoms. The van der Waals surface area contributed by atoms with Crippen LogP contribution < -0.4 is 0 Å². The highest BCUT2D eigenvalue weighted by molar-refractivity contribution is 7.09. The number of hydrogen-bond donors (Lipinski definition) is 0. The van der Waals surface area contributed by atoms with Gasteiger partial charge < -0.3 is 9.42 Å². The minimum atomic E-state index is 0.0288. The van der Waals surface area contributed by atoms with Crippen LogP contribution >= 0.6 is 11.3 Å². The van der Waals surface area contributed by atoms with E-state index >= 15 is 0 Å². The van der Waals surface area contributed by atoms with Crippen molar-refractivity contribution in [2.75, 3.05) is 6.54 Å². The maximum atomic E-state index is 12.8. The molecule has 0 saturated carbocycles. The lowest BCUT2D eigenvalue weighted by atomic mass is 10.0. The Balaban J connectivity index is 1.84. The first-order valence-corrected chi connectivity index (χ1v) is 8.68. The summed E-state index contributed by atoms with van der Waals surface area (Å²) in [5, 5.41) is 6.95. The van der Waals surface area contributed by atoms with Gasteiger partial charge in [0.1, 0.15) is 11.5 Å². The van der Waals surface area contributed by atoms with E-state index in [1.807, 2.05) is 24.1 Å². The van der Waals surface area contributed by atoms with Crippen LogP contribution in [0.1, 0.15) is 64.7 Å². The fraction of sp³-hybridized carbons (Fsp3) is 0.562. The van der Waals surface area contributed by atoms with Crippen molar-refractivity contribution in [3.05, 3.63) is 33.1 Å². The molecule has 1 amide bonds. The van der Waals surface area contributed by atoms with Gasteiger partial charge >= 0.3 is 0 Å². The van der Waals surface area contributed by atoms with Gasteiger partial charge in [0, 0.05) is 17.5 Å². The standard InChI is InChI=1S/C16H21N3O2S/c1-4-6-14-17-12(9-22-14)16(20)19-8-5-7-13(19)15-10(2)18-21-11(15)3/h9,13H,4-8H2,1-3H3/t13-/m0/s1. The lowest BCUT2D eigenvalue weighted by Crippen LogP contribution is -2.31. The summed E-state index contributed by atoms with van der Waals surface area (Å²) in [6.07, 6.45) is 3.95. The Labute approximate surface area is 134 Å². The number of rotatable bonds is 4. The predicted octanol–water partition coefficient (Wildman–Crippen LogP) is 3.68. The van der Waals surface area contributed by atoms with Gasteiger partial charge in [0.15, 0.2) is 0 Å². The van der Waals surface area contributed by atoms with E-state index in [0.29, 0.717) is 5.69 Å². The third kappa shape index (κ3) is 2.67. The number of amides is 1. The van der Waals surface area contributed by atoms with E-state index in [1.165, 1.54) is 0 Å². The van der Waals surface area contributed by atoms with E-state index in [4.69, 9.17) is 4.52 Å². The summed E-state index contributed by atoms with van der Waals surface area (Å²) in [6, 6.07) is 0.0649. The molecule has 1 fully saturated rings. The van der Waals surface area contributed by atoms with Crippen molar-refractivity contribution in [3.8, 4) is 0 Å². The van der Waals surface area contributed by atoms with Crippen LogP contribution in [-0.4, -0.2) is 27.5 Å². The van der Waals surface area contributed by atoms with Crippen molar-refractivity contribution in [1.29, 1.82) is 0 Å². The molecule has 2 aromatic rings. The van der Waals surface area contributed by atoms with Gasteiger partial charge in [0.05, 0.1) is 16.7 Å². The zero-order valence-corrected chi connectivity index (χ0v) is 14.1. The molecule has 3 heterocycles. The van der Waals surface area contributed by atoms with Crippen LogP contribution in [0.3, 0.4) is 0 Å². The molecule has 6 heteroatoms. The Hall–Kier alpha value is -1.69. The van der Waals surface area contributed by atoms with Gasteiger partial charge in [-0.2, -0.15) is 0 Å². The quantitative estimate of drug-likeness (QED) is 0.862.